The molecule has 3 saturated heterocycles. The largest absolute Gasteiger partial charge is 0.453 e. The lowest BCUT2D eigenvalue weighted by Gasteiger charge is -2.34. The average molecular weight is 807 g/mol. The third-order valence-corrected chi connectivity index (χ3v) is 11.7. The average Bonchev–Trinajstić information content (AvgIpc) is 4.06. The first kappa shape index (κ1) is 41.3. The number of likely N-dealkylation sites (tertiary alicyclic amines) is 2. The molecule has 59 heavy (non-hydrogen) atoms. The standard InChI is InChI=1S/C44H54N8O7/c1-26(2)36(49-42(55)57-5)40(53)51-20-9-10-34(51)38-45-24-33(48-38)30-16-13-28(14-17-30)11-12-29-15-18-31-32(22-29)47-39(46-31)35-23-44(19-7-8-21-59-44)25-52(35)41(54)37(27(3)4)50-43(56)58-6/h13-18,22,24,26-27,34-37H,7-10,19-21,23,25H2,1-6H3,(H,45,48)(H,46,47)(H,49,55)(H,50,56)/t34-,35-,36-,37-,44-/m0/s1. The Hall–Kier alpha value is -5.88. The van der Waals surface area contributed by atoms with Crippen LogP contribution in [-0.2, 0) is 23.8 Å². The van der Waals surface area contributed by atoms with Gasteiger partial charge in [-0.3, -0.25) is 9.59 Å². The molecular formula is C44H54N8O7. The second-order valence-corrected chi connectivity index (χ2v) is 16.4. The number of rotatable bonds is 9. The van der Waals surface area contributed by atoms with Crippen molar-refractivity contribution in [2.75, 3.05) is 33.9 Å². The number of carbonyl (C=O) groups excluding carboxylic acids is 4. The Morgan fingerprint density at radius 3 is 2.14 bits per heavy atom. The summed E-state index contributed by atoms with van der Waals surface area (Å²) in [7, 11) is 2.57. The van der Waals surface area contributed by atoms with Gasteiger partial charge in [0.2, 0.25) is 11.8 Å². The monoisotopic (exact) mass is 806 g/mol. The number of H-pyrrole nitrogens is 2. The molecule has 4 amide bonds. The molecule has 7 rings (SSSR count). The minimum Gasteiger partial charge on any atom is -0.453 e. The third kappa shape index (κ3) is 8.92. The molecule has 0 radical (unpaired) electrons. The molecule has 5 heterocycles. The summed E-state index contributed by atoms with van der Waals surface area (Å²) in [5, 5.41) is 5.43. The van der Waals surface area contributed by atoms with Gasteiger partial charge >= 0.3 is 12.2 Å². The van der Waals surface area contributed by atoms with Crippen LogP contribution in [0.25, 0.3) is 22.3 Å². The van der Waals surface area contributed by atoms with Gasteiger partial charge in [0, 0.05) is 30.7 Å². The van der Waals surface area contributed by atoms with E-state index < -0.39 is 29.9 Å². The van der Waals surface area contributed by atoms with Crippen molar-refractivity contribution in [3.05, 3.63) is 71.4 Å². The van der Waals surface area contributed by atoms with E-state index in [4.69, 9.17) is 19.2 Å². The maximum atomic E-state index is 14.1. The molecule has 4 aromatic rings. The number of nitrogens with one attached hydrogen (secondary N) is 4. The number of amides is 4. The van der Waals surface area contributed by atoms with Gasteiger partial charge in [0.05, 0.1) is 61.4 Å². The van der Waals surface area contributed by atoms with Crippen molar-refractivity contribution in [3.8, 4) is 23.1 Å². The summed E-state index contributed by atoms with van der Waals surface area (Å²) < 4.78 is 16.0. The van der Waals surface area contributed by atoms with Crippen molar-refractivity contribution >= 4 is 35.0 Å². The van der Waals surface area contributed by atoms with E-state index in [1.807, 2.05) is 75.1 Å². The lowest BCUT2D eigenvalue weighted by atomic mass is 9.91. The molecule has 0 saturated carbocycles. The summed E-state index contributed by atoms with van der Waals surface area (Å²) in [5.74, 6) is 7.31. The van der Waals surface area contributed by atoms with E-state index >= 15 is 0 Å². The van der Waals surface area contributed by atoms with Gasteiger partial charge in [-0.15, -0.1) is 0 Å². The molecule has 3 fully saturated rings. The summed E-state index contributed by atoms with van der Waals surface area (Å²) in [6.07, 6.45) is 5.59. The molecule has 15 heteroatoms. The first-order chi connectivity index (χ1) is 28.4. The molecule has 2 aromatic heterocycles. The number of methoxy groups -OCH3 is 2. The first-order valence-corrected chi connectivity index (χ1v) is 20.5. The fraction of sp³-hybridized carbons (Fsp3) is 0.500. The summed E-state index contributed by atoms with van der Waals surface area (Å²) in [4.78, 5) is 71.9. The highest BCUT2D eigenvalue weighted by Crippen LogP contribution is 2.44. The highest BCUT2D eigenvalue weighted by atomic mass is 16.5. The number of aromatic nitrogens is 4. The lowest BCUT2D eigenvalue weighted by Crippen LogP contribution is -2.52. The van der Waals surface area contributed by atoms with Crippen LogP contribution < -0.4 is 10.6 Å². The number of ether oxygens (including phenoxy) is 3. The Labute approximate surface area is 344 Å². The molecule has 4 N–H and O–H groups in total. The fourth-order valence-electron chi connectivity index (χ4n) is 8.49. The predicted molar refractivity (Wildman–Crippen MR) is 220 cm³/mol. The van der Waals surface area contributed by atoms with Crippen LogP contribution in [0.2, 0.25) is 0 Å². The van der Waals surface area contributed by atoms with Crippen LogP contribution in [0, 0.1) is 23.7 Å². The topological polar surface area (TPSA) is 184 Å². The van der Waals surface area contributed by atoms with Crippen LogP contribution in [0.3, 0.4) is 0 Å². The van der Waals surface area contributed by atoms with Crippen LogP contribution in [0.15, 0.2) is 48.7 Å². The van der Waals surface area contributed by atoms with Crippen molar-refractivity contribution in [3.63, 3.8) is 0 Å². The number of hydrogen-bond acceptors (Lipinski definition) is 9. The molecule has 312 valence electrons. The Morgan fingerprint density at radius 1 is 0.831 bits per heavy atom. The third-order valence-electron chi connectivity index (χ3n) is 11.7. The summed E-state index contributed by atoms with van der Waals surface area (Å²) in [6, 6.07) is 11.7. The zero-order valence-corrected chi connectivity index (χ0v) is 34.6. The number of fused-ring (bicyclic) bond motifs is 1. The molecule has 1 spiro atoms. The van der Waals surface area contributed by atoms with Gasteiger partial charge < -0.3 is 44.6 Å². The summed E-state index contributed by atoms with van der Waals surface area (Å²) >= 11 is 0. The molecule has 2 aromatic carbocycles. The van der Waals surface area contributed by atoms with Gasteiger partial charge in [0.25, 0.3) is 0 Å². The predicted octanol–water partition coefficient (Wildman–Crippen LogP) is 5.99. The van der Waals surface area contributed by atoms with Crippen molar-refractivity contribution in [1.29, 1.82) is 0 Å². The number of benzene rings is 2. The van der Waals surface area contributed by atoms with E-state index in [-0.39, 0.29) is 35.7 Å². The number of imidazole rings is 2. The molecule has 0 aliphatic carbocycles. The van der Waals surface area contributed by atoms with Crippen molar-refractivity contribution < 1.29 is 33.4 Å². The SMILES string of the molecule is COC(=O)N[C@H](C(=O)N1CCC[C@H]1c1ncc(-c2ccc(C#Cc3ccc4nc([C@@H]5C[C@@]6(CCCCO6)CN5C(=O)[C@@H](NC(=O)OC)C(C)C)[nH]c4c3)cc2)[nH]1)C(C)C. The van der Waals surface area contributed by atoms with Crippen LogP contribution in [0.1, 0.15) is 101 Å². The second-order valence-electron chi connectivity index (χ2n) is 16.4. The highest BCUT2D eigenvalue weighted by Gasteiger charge is 2.50. The van der Waals surface area contributed by atoms with Gasteiger partial charge in [-0.1, -0.05) is 51.7 Å². The minimum atomic E-state index is -0.761. The molecule has 0 bridgehead atoms. The van der Waals surface area contributed by atoms with E-state index in [2.05, 4.69) is 37.4 Å². The zero-order valence-electron chi connectivity index (χ0n) is 34.6. The maximum absolute atomic E-state index is 14.1. The summed E-state index contributed by atoms with van der Waals surface area (Å²) in [5.41, 5.74) is 4.52. The fourth-order valence-corrected chi connectivity index (χ4v) is 8.49. The quantitative estimate of drug-likeness (QED) is 0.148. The molecule has 0 unspecified atom stereocenters. The van der Waals surface area contributed by atoms with E-state index in [1.165, 1.54) is 14.2 Å². The number of hydrogen-bond donors (Lipinski definition) is 4. The maximum Gasteiger partial charge on any atom is 0.407 e. The zero-order chi connectivity index (χ0) is 41.8. The molecule has 3 aliphatic heterocycles. The van der Waals surface area contributed by atoms with Crippen molar-refractivity contribution in [2.24, 2.45) is 11.8 Å². The molecular weight excluding hydrogens is 753 g/mol. The molecule has 15 nitrogen and oxygen atoms in total. The van der Waals surface area contributed by atoms with Gasteiger partial charge in [0.1, 0.15) is 23.7 Å². The Kier molecular flexibility index (Phi) is 12.3. The highest BCUT2D eigenvalue weighted by molar-refractivity contribution is 5.87. The van der Waals surface area contributed by atoms with Gasteiger partial charge in [-0.05, 0) is 79.8 Å². The van der Waals surface area contributed by atoms with Crippen molar-refractivity contribution in [1.82, 2.24) is 40.4 Å². The van der Waals surface area contributed by atoms with Crippen LogP contribution >= 0.6 is 0 Å². The molecule has 3 aliphatic rings. The van der Waals surface area contributed by atoms with Crippen LogP contribution in [-0.4, -0.2) is 105 Å². The number of nitrogens with zero attached hydrogens (tertiary/aromatic N) is 4. The van der Waals surface area contributed by atoms with E-state index in [1.54, 1.807) is 11.1 Å². The number of carbonyl (C=O) groups is 4. The first-order valence-electron chi connectivity index (χ1n) is 20.5. The minimum absolute atomic E-state index is 0.114. The van der Waals surface area contributed by atoms with E-state index in [0.29, 0.717) is 37.8 Å². The van der Waals surface area contributed by atoms with Gasteiger partial charge in [-0.25, -0.2) is 19.6 Å². The van der Waals surface area contributed by atoms with Crippen LogP contribution in [0.5, 0.6) is 0 Å². The van der Waals surface area contributed by atoms with E-state index in [9.17, 15) is 19.2 Å². The number of alkyl carbamates (subject to hydrolysis) is 2. The molecule has 5 atom stereocenters. The second kappa shape index (κ2) is 17.5. The Bertz CT molecular complexity index is 2230. The van der Waals surface area contributed by atoms with Gasteiger partial charge in [0.15, 0.2) is 0 Å². The lowest BCUT2D eigenvalue weighted by molar-refractivity contribution is -0.137. The van der Waals surface area contributed by atoms with Crippen molar-refractivity contribution in [2.45, 2.75) is 96.0 Å². The smallest absolute Gasteiger partial charge is 0.407 e. The van der Waals surface area contributed by atoms with Gasteiger partial charge in [-0.2, -0.15) is 0 Å². The number of aromatic amines is 2. The summed E-state index contributed by atoms with van der Waals surface area (Å²) in [6.45, 7) is 9.25. The normalized spacial score (nSPS) is 21.4. The van der Waals surface area contributed by atoms with Crippen LogP contribution in [0.4, 0.5) is 9.59 Å². The Balaban J connectivity index is 1.05. The Morgan fingerprint density at radius 2 is 1.49 bits per heavy atom. The van der Waals surface area contributed by atoms with E-state index in [0.717, 1.165) is 65.5 Å².